The number of thiazole rings is 1. The minimum absolute atomic E-state index is 0.137. The summed E-state index contributed by atoms with van der Waals surface area (Å²) in [5.74, 6) is 0. The zero-order valence-corrected chi connectivity index (χ0v) is 14.7. The molecule has 1 aliphatic rings. The van der Waals surface area contributed by atoms with Gasteiger partial charge in [-0.1, -0.05) is 47.3 Å². The van der Waals surface area contributed by atoms with Crippen molar-refractivity contribution < 1.29 is 4.74 Å². The third-order valence-electron chi connectivity index (χ3n) is 4.10. The van der Waals surface area contributed by atoms with Crippen molar-refractivity contribution in [2.45, 2.75) is 44.6 Å². The number of aromatic nitrogens is 1. The molecule has 1 aromatic carbocycles. The van der Waals surface area contributed by atoms with Gasteiger partial charge in [0.2, 0.25) is 0 Å². The second-order valence-electron chi connectivity index (χ2n) is 5.54. The Balaban J connectivity index is 1.92. The highest BCUT2D eigenvalue weighted by Gasteiger charge is 2.37. The van der Waals surface area contributed by atoms with Crippen molar-refractivity contribution in [3.63, 3.8) is 0 Å². The molecule has 0 amide bonds. The maximum Gasteiger partial charge on any atom is 0.125 e. The molecule has 2 aromatic rings. The average Bonchev–Trinajstić information content (AvgIpc) is 2.99. The standard InChI is InChI=1S/C17H20BrNOS/c1-2-20-17(9-4-3-5-10-17)16-19-15(12-21-16)13-7-6-8-14(18)11-13/h6-8,11-12H,2-5,9-10H2,1H3. The Morgan fingerprint density at radius 3 is 2.81 bits per heavy atom. The number of ether oxygens (including phenoxy) is 1. The lowest BCUT2D eigenvalue weighted by Crippen LogP contribution is -2.32. The smallest absolute Gasteiger partial charge is 0.125 e. The molecule has 0 radical (unpaired) electrons. The van der Waals surface area contributed by atoms with E-state index in [1.54, 1.807) is 11.3 Å². The van der Waals surface area contributed by atoms with E-state index in [-0.39, 0.29) is 5.60 Å². The second-order valence-corrected chi connectivity index (χ2v) is 7.31. The van der Waals surface area contributed by atoms with Crippen LogP contribution in [0.5, 0.6) is 0 Å². The van der Waals surface area contributed by atoms with E-state index in [1.165, 1.54) is 19.3 Å². The monoisotopic (exact) mass is 365 g/mol. The third kappa shape index (κ3) is 3.22. The quantitative estimate of drug-likeness (QED) is 0.685. The Bertz CT molecular complexity index is 599. The van der Waals surface area contributed by atoms with E-state index in [1.807, 2.05) is 6.07 Å². The lowest BCUT2D eigenvalue weighted by Gasteiger charge is -2.35. The molecule has 21 heavy (non-hydrogen) atoms. The topological polar surface area (TPSA) is 22.1 Å². The molecule has 4 heteroatoms. The molecule has 1 fully saturated rings. The lowest BCUT2D eigenvalue weighted by molar-refractivity contribution is -0.0703. The van der Waals surface area contributed by atoms with Crippen molar-refractivity contribution >= 4 is 27.3 Å². The van der Waals surface area contributed by atoms with E-state index in [0.717, 1.165) is 40.2 Å². The van der Waals surface area contributed by atoms with Gasteiger partial charge in [0.25, 0.3) is 0 Å². The zero-order chi connectivity index (χ0) is 14.7. The molecule has 0 atom stereocenters. The Morgan fingerprint density at radius 2 is 2.10 bits per heavy atom. The summed E-state index contributed by atoms with van der Waals surface area (Å²) in [6.07, 6.45) is 6.01. The Hall–Kier alpha value is -0.710. The predicted molar refractivity (Wildman–Crippen MR) is 91.6 cm³/mol. The third-order valence-corrected chi connectivity index (χ3v) is 5.62. The van der Waals surface area contributed by atoms with Crippen LogP contribution in [0.3, 0.4) is 0 Å². The van der Waals surface area contributed by atoms with Crippen molar-refractivity contribution in [3.8, 4) is 11.3 Å². The van der Waals surface area contributed by atoms with Crippen LogP contribution in [0.4, 0.5) is 0 Å². The average molecular weight is 366 g/mol. The van der Waals surface area contributed by atoms with E-state index >= 15 is 0 Å². The van der Waals surface area contributed by atoms with Gasteiger partial charge in [-0.15, -0.1) is 11.3 Å². The van der Waals surface area contributed by atoms with Crippen LogP contribution >= 0.6 is 27.3 Å². The van der Waals surface area contributed by atoms with Gasteiger partial charge < -0.3 is 4.74 Å². The lowest BCUT2D eigenvalue weighted by atomic mass is 9.85. The van der Waals surface area contributed by atoms with Crippen LogP contribution in [0.15, 0.2) is 34.1 Å². The van der Waals surface area contributed by atoms with Crippen molar-refractivity contribution in [1.82, 2.24) is 4.98 Å². The van der Waals surface area contributed by atoms with Gasteiger partial charge in [0.05, 0.1) is 5.69 Å². The molecular weight excluding hydrogens is 346 g/mol. The molecule has 1 aromatic heterocycles. The molecule has 0 aliphatic heterocycles. The summed E-state index contributed by atoms with van der Waals surface area (Å²) in [4.78, 5) is 4.91. The molecule has 0 saturated heterocycles. The fraction of sp³-hybridized carbons (Fsp3) is 0.471. The van der Waals surface area contributed by atoms with E-state index in [0.29, 0.717) is 0 Å². The highest BCUT2D eigenvalue weighted by Crippen LogP contribution is 2.42. The summed E-state index contributed by atoms with van der Waals surface area (Å²) in [6, 6.07) is 8.32. The summed E-state index contributed by atoms with van der Waals surface area (Å²) >= 11 is 5.27. The van der Waals surface area contributed by atoms with Gasteiger partial charge in [-0.05, 0) is 31.9 Å². The first-order chi connectivity index (χ1) is 10.2. The van der Waals surface area contributed by atoms with Crippen LogP contribution in [0.25, 0.3) is 11.3 Å². The highest BCUT2D eigenvalue weighted by atomic mass is 79.9. The molecule has 1 heterocycles. The fourth-order valence-corrected chi connectivity index (χ4v) is 4.52. The summed E-state index contributed by atoms with van der Waals surface area (Å²) in [6.45, 7) is 2.84. The maximum atomic E-state index is 6.17. The van der Waals surface area contributed by atoms with E-state index < -0.39 is 0 Å². The van der Waals surface area contributed by atoms with Gasteiger partial charge in [-0.25, -0.2) is 4.98 Å². The van der Waals surface area contributed by atoms with Crippen LogP contribution in [-0.2, 0) is 10.3 Å². The van der Waals surface area contributed by atoms with E-state index in [2.05, 4.69) is 46.4 Å². The van der Waals surface area contributed by atoms with Crippen LogP contribution in [0.1, 0.15) is 44.0 Å². The summed E-state index contributed by atoms with van der Waals surface area (Å²) in [5, 5.41) is 3.31. The van der Waals surface area contributed by atoms with Crippen molar-refractivity contribution in [3.05, 3.63) is 39.1 Å². The van der Waals surface area contributed by atoms with Crippen LogP contribution < -0.4 is 0 Å². The fourth-order valence-electron chi connectivity index (χ4n) is 3.08. The van der Waals surface area contributed by atoms with Crippen molar-refractivity contribution in [2.24, 2.45) is 0 Å². The van der Waals surface area contributed by atoms with Gasteiger partial charge in [0.15, 0.2) is 0 Å². The summed E-state index contributed by atoms with van der Waals surface area (Å²) < 4.78 is 7.26. The number of hydrogen-bond donors (Lipinski definition) is 0. The first-order valence-corrected chi connectivity index (χ1v) is 9.27. The molecule has 3 rings (SSSR count). The zero-order valence-electron chi connectivity index (χ0n) is 12.3. The first kappa shape index (κ1) is 15.2. The van der Waals surface area contributed by atoms with Crippen molar-refractivity contribution in [2.75, 3.05) is 6.61 Å². The van der Waals surface area contributed by atoms with Crippen LogP contribution in [-0.4, -0.2) is 11.6 Å². The van der Waals surface area contributed by atoms with Gasteiger partial charge in [0.1, 0.15) is 10.6 Å². The summed E-state index contributed by atoms with van der Waals surface area (Å²) in [7, 11) is 0. The highest BCUT2D eigenvalue weighted by molar-refractivity contribution is 9.10. The molecule has 0 unspecified atom stereocenters. The minimum atomic E-state index is -0.137. The second kappa shape index (κ2) is 6.59. The molecular formula is C17H20BrNOS. The first-order valence-electron chi connectivity index (χ1n) is 7.59. The van der Waals surface area contributed by atoms with E-state index in [4.69, 9.17) is 9.72 Å². The van der Waals surface area contributed by atoms with E-state index in [9.17, 15) is 0 Å². The van der Waals surface area contributed by atoms with Gasteiger partial charge in [-0.2, -0.15) is 0 Å². The summed E-state index contributed by atoms with van der Waals surface area (Å²) in [5.41, 5.74) is 2.08. The number of hydrogen-bond acceptors (Lipinski definition) is 3. The Kier molecular flexibility index (Phi) is 4.77. The normalized spacial score (nSPS) is 17.8. The molecule has 1 saturated carbocycles. The number of halogens is 1. The van der Waals surface area contributed by atoms with Gasteiger partial charge in [-0.3, -0.25) is 0 Å². The van der Waals surface area contributed by atoms with Gasteiger partial charge >= 0.3 is 0 Å². The molecule has 0 bridgehead atoms. The molecule has 0 spiro atoms. The molecule has 0 N–H and O–H groups in total. The number of nitrogens with zero attached hydrogens (tertiary/aromatic N) is 1. The molecule has 2 nitrogen and oxygen atoms in total. The SMILES string of the molecule is CCOC1(c2nc(-c3cccc(Br)c3)cs2)CCCCC1. The molecule has 1 aliphatic carbocycles. The van der Waals surface area contributed by atoms with Crippen LogP contribution in [0.2, 0.25) is 0 Å². The molecule has 112 valence electrons. The minimum Gasteiger partial charge on any atom is -0.368 e. The number of benzene rings is 1. The number of rotatable bonds is 4. The maximum absolute atomic E-state index is 6.17. The predicted octanol–water partition coefficient (Wildman–Crippen LogP) is 5.77. The Labute approximate surface area is 138 Å². The van der Waals surface area contributed by atoms with Gasteiger partial charge in [0, 0.05) is 22.0 Å². The largest absolute Gasteiger partial charge is 0.368 e. The van der Waals surface area contributed by atoms with Crippen molar-refractivity contribution in [1.29, 1.82) is 0 Å². The van der Waals surface area contributed by atoms with Crippen LogP contribution in [0, 0.1) is 0 Å². The Morgan fingerprint density at radius 1 is 1.29 bits per heavy atom.